The molecule has 7 heteroatoms. The van der Waals surface area contributed by atoms with E-state index in [1.807, 2.05) is 13.0 Å². The van der Waals surface area contributed by atoms with Crippen molar-refractivity contribution in [2.75, 3.05) is 12.4 Å². The van der Waals surface area contributed by atoms with Gasteiger partial charge in [-0.2, -0.15) is 0 Å². The van der Waals surface area contributed by atoms with Crippen LogP contribution in [0.1, 0.15) is 12.0 Å². The molecule has 0 aliphatic rings. The lowest BCUT2D eigenvalue weighted by Crippen LogP contribution is -2.31. The summed E-state index contributed by atoms with van der Waals surface area (Å²) >= 11 is 0. The molecule has 0 fully saturated rings. The number of anilines is 1. The maximum absolute atomic E-state index is 12.4. The van der Waals surface area contributed by atoms with Gasteiger partial charge in [0, 0.05) is 6.42 Å². The van der Waals surface area contributed by atoms with Gasteiger partial charge in [-0.05, 0) is 36.8 Å². The quantitative estimate of drug-likeness (QED) is 0.734. The Bertz CT molecular complexity index is 1080. The summed E-state index contributed by atoms with van der Waals surface area (Å²) in [5, 5.41) is 5.95. The van der Waals surface area contributed by atoms with Crippen molar-refractivity contribution in [3.63, 3.8) is 0 Å². The molecule has 0 unspecified atom stereocenters. The first kappa shape index (κ1) is 17.5. The maximum atomic E-state index is 12.4. The zero-order chi connectivity index (χ0) is 18.7. The lowest BCUT2D eigenvalue weighted by Gasteiger charge is -2.11. The Morgan fingerprint density at radius 3 is 2.62 bits per heavy atom. The van der Waals surface area contributed by atoms with Crippen molar-refractivity contribution >= 4 is 22.4 Å². The van der Waals surface area contributed by atoms with Gasteiger partial charge in [-0.15, -0.1) is 0 Å². The second kappa shape index (κ2) is 7.26. The van der Waals surface area contributed by atoms with Gasteiger partial charge in [0.2, 0.25) is 5.91 Å². The van der Waals surface area contributed by atoms with Crippen molar-refractivity contribution in [1.82, 2.24) is 9.78 Å². The van der Waals surface area contributed by atoms with Crippen LogP contribution in [0, 0.1) is 6.92 Å². The Kier molecular flexibility index (Phi) is 4.88. The molecular weight excluding hydrogens is 334 g/mol. The number of nitrogens with zero attached hydrogens (tertiary/aromatic N) is 1. The number of amides is 1. The summed E-state index contributed by atoms with van der Waals surface area (Å²) in [5.74, 6) is 0.273. The fraction of sp³-hybridized carbons (Fsp3) is 0.211. The molecule has 1 heterocycles. The molecule has 0 atom stereocenters. The van der Waals surface area contributed by atoms with Gasteiger partial charge in [0.1, 0.15) is 5.75 Å². The number of carbonyl (C=O) groups excluding carboxylic acids is 1. The van der Waals surface area contributed by atoms with Crippen LogP contribution in [0.4, 0.5) is 5.69 Å². The minimum atomic E-state index is -0.360. The van der Waals surface area contributed by atoms with Crippen LogP contribution < -0.4 is 21.2 Å². The number of H-pyrrole nitrogens is 1. The number of benzene rings is 2. The second-order valence-corrected chi connectivity index (χ2v) is 5.95. The summed E-state index contributed by atoms with van der Waals surface area (Å²) in [6.45, 7) is 1.98. The highest BCUT2D eigenvalue weighted by Crippen LogP contribution is 2.25. The van der Waals surface area contributed by atoms with E-state index >= 15 is 0 Å². The van der Waals surface area contributed by atoms with E-state index in [1.54, 1.807) is 36.4 Å². The van der Waals surface area contributed by atoms with Crippen LogP contribution in [-0.4, -0.2) is 22.8 Å². The molecule has 0 spiro atoms. The molecule has 2 N–H and O–H groups in total. The highest BCUT2D eigenvalue weighted by molar-refractivity contribution is 5.92. The van der Waals surface area contributed by atoms with Gasteiger partial charge in [-0.25, -0.2) is 4.68 Å². The number of hydrogen-bond donors (Lipinski definition) is 2. The molecule has 134 valence electrons. The van der Waals surface area contributed by atoms with E-state index in [0.717, 1.165) is 10.2 Å². The summed E-state index contributed by atoms with van der Waals surface area (Å²) in [6.07, 6.45) is 0.0330. The number of fused-ring (bicyclic) bond motifs is 1. The lowest BCUT2D eigenvalue weighted by atomic mass is 10.2. The van der Waals surface area contributed by atoms with E-state index in [0.29, 0.717) is 22.2 Å². The molecule has 1 amide bonds. The lowest BCUT2D eigenvalue weighted by molar-refractivity contribution is -0.116. The Labute approximate surface area is 149 Å². The van der Waals surface area contributed by atoms with E-state index in [4.69, 9.17) is 4.74 Å². The van der Waals surface area contributed by atoms with Crippen molar-refractivity contribution in [1.29, 1.82) is 0 Å². The molecule has 3 aromatic rings. The number of nitrogens with one attached hydrogen (secondary N) is 2. The monoisotopic (exact) mass is 353 g/mol. The van der Waals surface area contributed by atoms with Gasteiger partial charge >= 0.3 is 0 Å². The fourth-order valence-electron chi connectivity index (χ4n) is 2.75. The average Bonchev–Trinajstić information content (AvgIpc) is 2.64. The summed E-state index contributed by atoms with van der Waals surface area (Å²) in [7, 11) is 1.53. The molecule has 0 aliphatic carbocycles. The zero-order valence-electron chi connectivity index (χ0n) is 14.5. The van der Waals surface area contributed by atoms with E-state index in [2.05, 4.69) is 10.4 Å². The van der Waals surface area contributed by atoms with Crippen LogP contribution in [-0.2, 0) is 11.3 Å². The van der Waals surface area contributed by atoms with Gasteiger partial charge in [-0.3, -0.25) is 19.5 Å². The molecule has 2 aromatic carbocycles. The maximum Gasteiger partial charge on any atom is 0.273 e. The molecular formula is C19H19N3O4. The highest BCUT2D eigenvalue weighted by atomic mass is 16.5. The number of carbonyl (C=O) groups is 1. The van der Waals surface area contributed by atoms with E-state index < -0.39 is 0 Å². The third-order valence-corrected chi connectivity index (χ3v) is 4.08. The summed E-state index contributed by atoms with van der Waals surface area (Å²) in [6, 6.07) is 12.1. The third kappa shape index (κ3) is 3.51. The van der Waals surface area contributed by atoms with Crippen molar-refractivity contribution in [3.8, 4) is 5.75 Å². The Morgan fingerprint density at radius 1 is 1.15 bits per heavy atom. The molecule has 0 saturated heterocycles. The zero-order valence-corrected chi connectivity index (χ0v) is 14.5. The third-order valence-electron chi connectivity index (χ3n) is 4.08. The van der Waals surface area contributed by atoms with Crippen LogP contribution in [0.15, 0.2) is 52.1 Å². The van der Waals surface area contributed by atoms with Crippen LogP contribution in [0.3, 0.4) is 0 Å². The Morgan fingerprint density at radius 2 is 1.88 bits per heavy atom. The first-order chi connectivity index (χ1) is 12.5. The normalized spacial score (nSPS) is 10.7. The topological polar surface area (TPSA) is 93.2 Å². The number of aromatic amines is 1. The standard InChI is InChI=1S/C19H19N3O4/c1-12-7-8-16(26-2)15(11-12)20-17(23)9-10-22-19(25)14-6-4-3-5-13(14)18(24)21-22/h3-8,11H,9-10H2,1-2H3,(H,20,23)(H,21,24). The number of ether oxygens (including phenoxy) is 1. The van der Waals surface area contributed by atoms with Crippen LogP contribution in [0.25, 0.3) is 10.8 Å². The summed E-state index contributed by atoms with van der Waals surface area (Å²) in [4.78, 5) is 36.8. The van der Waals surface area contributed by atoms with Crippen LogP contribution in [0.5, 0.6) is 5.75 Å². The number of aromatic nitrogens is 2. The number of rotatable bonds is 5. The average molecular weight is 353 g/mol. The largest absolute Gasteiger partial charge is 0.495 e. The van der Waals surface area contributed by atoms with Crippen molar-refractivity contribution in [3.05, 3.63) is 68.7 Å². The second-order valence-electron chi connectivity index (χ2n) is 5.95. The molecule has 1 aromatic heterocycles. The summed E-state index contributed by atoms with van der Waals surface area (Å²) < 4.78 is 6.39. The smallest absolute Gasteiger partial charge is 0.273 e. The van der Waals surface area contributed by atoms with E-state index in [1.165, 1.54) is 7.11 Å². The van der Waals surface area contributed by atoms with Crippen LogP contribution >= 0.6 is 0 Å². The predicted molar refractivity (Wildman–Crippen MR) is 99.8 cm³/mol. The molecule has 26 heavy (non-hydrogen) atoms. The van der Waals surface area contributed by atoms with Crippen LogP contribution in [0.2, 0.25) is 0 Å². The molecule has 0 radical (unpaired) electrons. The SMILES string of the molecule is COc1ccc(C)cc1NC(=O)CCn1[nH]c(=O)c2ccccc2c1=O. The predicted octanol–water partition coefficient (Wildman–Crippen LogP) is 2.04. The minimum Gasteiger partial charge on any atom is -0.495 e. The number of methoxy groups -OCH3 is 1. The molecule has 0 bridgehead atoms. The van der Waals surface area contributed by atoms with Crippen molar-refractivity contribution < 1.29 is 9.53 Å². The number of hydrogen-bond acceptors (Lipinski definition) is 4. The van der Waals surface area contributed by atoms with Gasteiger partial charge in [0.25, 0.3) is 11.1 Å². The molecule has 0 saturated carbocycles. The van der Waals surface area contributed by atoms with Gasteiger partial charge in [0.05, 0.1) is 30.1 Å². The Balaban J connectivity index is 1.77. The molecule has 0 aliphatic heterocycles. The summed E-state index contributed by atoms with van der Waals surface area (Å²) in [5.41, 5.74) is 0.857. The number of aryl methyl sites for hydroxylation is 2. The minimum absolute atomic E-state index is 0.0330. The molecule has 3 rings (SSSR count). The first-order valence-corrected chi connectivity index (χ1v) is 8.16. The van der Waals surface area contributed by atoms with Gasteiger partial charge in [-0.1, -0.05) is 18.2 Å². The van der Waals surface area contributed by atoms with E-state index in [-0.39, 0.29) is 30.0 Å². The fourth-order valence-corrected chi connectivity index (χ4v) is 2.75. The van der Waals surface area contributed by atoms with E-state index in [9.17, 15) is 14.4 Å². The Hall–Kier alpha value is -3.35. The van der Waals surface area contributed by atoms with Gasteiger partial charge < -0.3 is 10.1 Å². The first-order valence-electron chi connectivity index (χ1n) is 8.16. The van der Waals surface area contributed by atoms with Gasteiger partial charge in [0.15, 0.2) is 0 Å². The highest BCUT2D eigenvalue weighted by Gasteiger charge is 2.11. The van der Waals surface area contributed by atoms with Crippen molar-refractivity contribution in [2.45, 2.75) is 19.9 Å². The van der Waals surface area contributed by atoms with Crippen molar-refractivity contribution in [2.24, 2.45) is 0 Å². The molecule has 7 nitrogen and oxygen atoms in total.